The van der Waals surface area contributed by atoms with E-state index >= 15 is 0 Å². The number of benzene rings is 2. The summed E-state index contributed by atoms with van der Waals surface area (Å²) in [5.41, 5.74) is 4.49. The smallest absolute Gasteiger partial charge is 0.229 e. The van der Waals surface area contributed by atoms with E-state index in [1.54, 1.807) is 27.2 Å². The summed E-state index contributed by atoms with van der Waals surface area (Å²) in [6.07, 6.45) is 7.93. The van der Waals surface area contributed by atoms with Crippen molar-refractivity contribution in [1.82, 2.24) is 29.5 Å². The van der Waals surface area contributed by atoms with Gasteiger partial charge in [0.15, 0.2) is 0 Å². The largest absolute Gasteiger partial charge is 0.494 e. The van der Waals surface area contributed by atoms with E-state index in [-0.39, 0.29) is 0 Å². The summed E-state index contributed by atoms with van der Waals surface area (Å²) in [6.45, 7) is 10.1. The molecule has 2 aromatic carbocycles. The van der Waals surface area contributed by atoms with Crippen LogP contribution in [0.5, 0.6) is 5.75 Å². The molecule has 4 aromatic rings. The third kappa shape index (κ3) is 7.15. The van der Waals surface area contributed by atoms with Crippen molar-refractivity contribution in [2.75, 3.05) is 69.0 Å². The number of nitrogens with one attached hydrogen (secondary N) is 2. The van der Waals surface area contributed by atoms with Gasteiger partial charge in [-0.15, -0.1) is 0 Å². The van der Waals surface area contributed by atoms with Crippen LogP contribution < -0.4 is 20.3 Å². The molecule has 46 heavy (non-hydrogen) atoms. The molecule has 2 fully saturated rings. The number of halogens is 1. The maximum Gasteiger partial charge on any atom is 0.229 e. The Morgan fingerprint density at radius 3 is 2.37 bits per heavy atom. The highest BCUT2D eigenvalue weighted by molar-refractivity contribution is 9.10. The van der Waals surface area contributed by atoms with Crippen LogP contribution in [0.3, 0.4) is 0 Å². The molecule has 2 aliphatic rings. The van der Waals surface area contributed by atoms with Crippen LogP contribution in [-0.4, -0.2) is 94.1 Å². The van der Waals surface area contributed by atoms with Gasteiger partial charge in [0.1, 0.15) is 11.6 Å². The Morgan fingerprint density at radius 1 is 0.957 bits per heavy atom. The fourth-order valence-corrected chi connectivity index (χ4v) is 6.73. The van der Waals surface area contributed by atoms with Crippen molar-refractivity contribution < 1.29 is 9.84 Å². The molecule has 0 spiro atoms. The van der Waals surface area contributed by atoms with E-state index in [2.05, 4.69) is 70.5 Å². The number of para-hydroxylation sites is 1. The quantitative estimate of drug-likeness (QED) is 0.206. The molecule has 4 heterocycles. The highest BCUT2D eigenvalue weighted by Gasteiger charge is 2.29. The van der Waals surface area contributed by atoms with Crippen molar-refractivity contribution in [2.45, 2.75) is 38.3 Å². The van der Waals surface area contributed by atoms with E-state index in [1.807, 2.05) is 48.4 Å². The number of aryl methyl sites for hydroxylation is 1. The van der Waals surface area contributed by atoms with Crippen LogP contribution in [0, 0.1) is 0 Å². The maximum absolute atomic E-state index is 10.7. The summed E-state index contributed by atoms with van der Waals surface area (Å²) >= 11 is 3.58. The second-order valence-electron chi connectivity index (χ2n) is 12.8. The molecule has 2 saturated heterocycles. The third-order valence-electron chi connectivity index (χ3n) is 9.02. The Balaban J connectivity index is 1.28. The average Bonchev–Trinajstić information content (AvgIpc) is 3.48. The molecule has 0 amide bonds. The SMILES string of the molecule is COc1cc(N2CCC(N3CCN(C)CC3)CC2)c(-c2cnn(C)c2)cc1Nc1ncc(Br)c(Nc2ccccc2C(C)(C)O)n1. The molecule has 2 aliphatic heterocycles. The highest BCUT2D eigenvalue weighted by Crippen LogP contribution is 2.41. The summed E-state index contributed by atoms with van der Waals surface area (Å²) in [5.74, 6) is 1.68. The Bertz CT molecular complexity index is 1650. The number of likely N-dealkylation sites (N-methyl/N-ethyl adjacent to an activating group) is 1. The number of piperidine rings is 1. The minimum absolute atomic E-state index is 0.405. The third-order valence-corrected chi connectivity index (χ3v) is 9.60. The molecule has 244 valence electrons. The van der Waals surface area contributed by atoms with Gasteiger partial charge in [0.25, 0.3) is 0 Å². The molecule has 3 N–H and O–H groups in total. The van der Waals surface area contributed by atoms with Crippen LogP contribution in [0.15, 0.2) is 59.5 Å². The Hall–Kier alpha value is -3.71. The first kappa shape index (κ1) is 32.2. The fourth-order valence-electron chi connectivity index (χ4n) is 6.44. The number of anilines is 5. The first-order valence-corrected chi connectivity index (χ1v) is 16.7. The Kier molecular flexibility index (Phi) is 9.51. The lowest BCUT2D eigenvalue weighted by Crippen LogP contribution is -2.52. The molecule has 0 radical (unpaired) electrons. The van der Waals surface area contributed by atoms with E-state index in [1.165, 1.54) is 0 Å². The summed E-state index contributed by atoms with van der Waals surface area (Å²) in [5, 5.41) is 22.0. The fraction of sp³-hybridized carbons (Fsp3) is 0.441. The number of ether oxygens (including phenoxy) is 1. The maximum atomic E-state index is 10.7. The number of aliphatic hydroxyl groups is 1. The van der Waals surface area contributed by atoms with Gasteiger partial charge in [-0.3, -0.25) is 9.58 Å². The normalized spacial score (nSPS) is 16.9. The molecule has 0 unspecified atom stereocenters. The number of nitrogens with zero attached hydrogens (tertiary/aromatic N) is 7. The van der Waals surface area contributed by atoms with E-state index in [0.717, 1.165) is 85.9 Å². The van der Waals surface area contributed by atoms with Crippen molar-refractivity contribution in [3.05, 3.63) is 65.0 Å². The van der Waals surface area contributed by atoms with Gasteiger partial charge >= 0.3 is 0 Å². The zero-order chi connectivity index (χ0) is 32.4. The van der Waals surface area contributed by atoms with E-state index in [0.29, 0.717) is 28.0 Å². The molecule has 0 atom stereocenters. The molecule has 12 heteroatoms. The van der Waals surface area contributed by atoms with Crippen molar-refractivity contribution >= 4 is 44.8 Å². The van der Waals surface area contributed by atoms with Crippen molar-refractivity contribution in [3.63, 3.8) is 0 Å². The highest BCUT2D eigenvalue weighted by atomic mass is 79.9. The van der Waals surface area contributed by atoms with Crippen LogP contribution >= 0.6 is 15.9 Å². The lowest BCUT2D eigenvalue weighted by molar-refractivity contribution is 0.0794. The standard InChI is InChI=1S/C34H44BrN9O2/c1-34(2,45)26-8-6-7-9-28(26)38-32-27(35)21-36-33(40-32)39-29-18-25(23-20-37-42(4)22-23)30(19-31(29)46-5)44-12-10-24(11-13-44)43-16-14-41(3)15-17-43/h6-9,18-22,24,45H,10-17H2,1-5H3,(H2,36,38,39,40). The van der Waals surface area contributed by atoms with Gasteiger partial charge in [-0.2, -0.15) is 10.1 Å². The molecular weight excluding hydrogens is 646 g/mol. The predicted octanol–water partition coefficient (Wildman–Crippen LogP) is 5.58. The van der Waals surface area contributed by atoms with Gasteiger partial charge in [0, 0.05) is 98.9 Å². The second-order valence-corrected chi connectivity index (χ2v) is 13.6. The van der Waals surface area contributed by atoms with E-state index in [4.69, 9.17) is 9.72 Å². The van der Waals surface area contributed by atoms with Crippen LogP contribution in [-0.2, 0) is 12.6 Å². The number of hydrogen-bond acceptors (Lipinski definition) is 10. The molecule has 0 saturated carbocycles. The first-order chi connectivity index (χ1) is 22.1. The molecule has 0 aliphatic carbocycles. The number of hydrogen-bond donors (Lipinski definition) is 3. The molecule has 0 bridgehead atoms. The topological polar surface area (TPSA) is 107 Å². The first-order valence-electron chi connectivity index (χ1n) is 15.9. The summed E-state index contributed by atoms with van der Waals surface area (Å²) < 4.78 is 8.47. The minimum Gasteiger partial charge on any atom is -0.494 e. The number of aromatic nitrogens is 4. The van der Waals surface area contributed by atoms with Gasteiger partial charge in [0.2, 0.25) is 5.95 Å². The number of rotatable bonds is 9. The van der Waals surface area contributed by atoms with Crippen molar-refractivity contribution in [1.29, 1.82) is 0 Å². The average molecular weight is 691 g/mol. The predicted molar refractivity (Wildman–Crippen MR) is 187 cm³/mol. The van der Waals surface area contributed by atoms with Crippen molar-refractivity contribution in [3.8, 4) is 16.9 Å². The van der Waals surface area contributed by atoms with Gasteiger partial charge in [0.05, 0.1) is 29.1 Å². The number of methoxy groups -OCH3 is 1. The van der Waals surface area contributed by atoms with Gasteiger partial charge in [-0.1, -0.05) is 18.2 Å². The Morgan fingerprint density at radius 2 is 1.70 bits per heavy atom. The van der Waals surface area contributed by atoms with Crippen LogP contribution in [0.25, 0.3) is 11.1 Å². The van der Waals surface area contributed by atoms with E-state index in [9.17, 15) is 5.11 Å². The number of piperazine rings is 1. The van der Waals surface area contributed by atoms with Crippen LogP contribution in [0.4, 0.5) is 28.8 Å². The minimum atomic E-state index is -1.03. The lowest BCUT2D eigenvalue weighted by Gasteiger charge is -2.43. The van der Waals surface area contributed by atoms with Gasteiger partial charge in [-0.05, 0) is 61.8 Å². The zero-order valence-electron chi connectivity index (χ0n) is 27.3. The van der Waals surface area contributed by atoms with Crippen molar-refractivity contribution in [2.24, 2.45) is 7.05 Å². The molecular formula is C34H44BrN9O2. The monoisotopic (exact) mass is 689 g/mol. The molecule has 2 aromatic heterocycles. The zero-order valence-corrected chi connectivity index (χ0v) is 28.9. The van der Waals surface area contributed by atoms with E-state index < -0.39 is 5.60 Å². The van der Waals surface area contributed by atoms with Crippen LogP contribution in [0.1, 0.15) is 32.3 Å². The second kappa shape index (κ2) is 13.6. The summed E-state index contributed by atoms with van der Waals surface area (Å²) in [7, 11) is 5.84. The molecule has 6 rings (SSSR count). The summed E-state index contributed by atoms with van der Waals surface area (Å²) in [6, 6.07) is 12.5. The van der Waals surface area contributed by atoms with Crippen LogP contribution in [0.2, 0.25) is 0 Å². The Labute approximate surface area is 279 Å². The van der Waals surface area contributed by atoms with Gasteiger partial charge < -0.3 is 30.3 Å². The van der Waals surface area contributed by atoms with Gasteiger partial charge in [-0.25, -0.2) is 4.98 Å². The summed E-state index contributed by atoms with van der Waals surface area (Å²) in [4.78, 5) is 16.9. The lowest BCUT2D eigenvalue weighted by atomic mass is 9.96. The molecule has 11 nitrogen and oxygen atoms in total.